The maximum Gasteiger partial charge on any atom is 0.250 e. The summed E-state index contributed by atoms with van der Waals surface area (Å²) in [5.74, 6) is 0.884. The van der Waals surface area contributed by atoms with E-state index < -0.39 is 0 Å². The molecule has 1 amide bonds. The van der Waals surface area contributed by atoms with E-state index in [1.165, 1.54) is 11.8 Å². The number of nitrogens with one attached hydrogen (secondary N) is 1. The third-order valence-corrected chi connectivity index (χ3v) is 5.41. The van der Waals surface area contributed by atoms with Gasteiger partial charge in [-0.15, -0.1) is 11.3 Å². The van der Waals surface area contributed by atoms with E-state index in [4.69, 9.17) is 4.74 Å². The minimum Gasteiger partial charge on any atom is -0.491 e. The SMILES string of the molecule is CC(C)Oc1cccc(/C=N/NC(=O)CSc2nc3ccccc3s2)c1. The van der Waals surface area contributed by atoms with E-state index >= 15 is 0 Å². The smallest absolute Gasteiger partial charge is 0.250 e. The number of nitrogens with zero attached hydrogens (tertiary/aromatic N) is 2. The zero-order chi connectivity index (χ0) is 18.4. The molecule has 134 valence electrons. The summed E-state index contributed by atoms with van der Waals surface area (Å²) < 4.78 is 7.64. The van der Waals surface area contributed by atoms with Gasteiger partial charge in [-0.05, 0) is 43.7 Å². The number of thiazole rings is 1. The van der Waals surface area contributed by atoms with E-state index in [0.717, 1.165) is 25.9 Å². The van der Waals surface area contributed by atoms with Crippen LogP contribution in [-0.2, 0) is 4.79 Å². The molecule has 5 nitrogen and oxygen atoms in total. The number of aromatic nitrogens is 1. The van der Waals surface area contributed by atoms with Crippen LogP contribution in [0.3, 0.4) is 0 Å². The Morgan fingerprint density at radius 2 is 2.15 bits per heavy atom. The molecule has 0 saturated carbocycles. The van der Waals surface area contributed by atoms with Crippen molar-refractivity contribution in [2.45, 2.75) is 24.3 Å². The zero-order valence-corrected chi connectivity index (χ0v) is 16.1. The summed E-state index contributed by atoms with van der Waals surface area (Å²) >= 11 is 3.00. The van der Waals surface area contributed by atoms with Crippen LogP contribution in [-0.4, -0.2) is 29.0 Å². The Balaban J connectivity index is 1.49. The number of fused-ring (bicyclic) bond motifs is 1. The minimum absolute atomic E-state index is 0.112. The highest BCUT2D eigenvalue weighted by Crippen LogP contribution is 2.28. The van der Waals surface area contributed by atoms with E-state index in [-0.39, 0.29) is 17.8 Å². The Kier molecular flexibility index (Phi) is 6.25. The lowest BCUT2D eigenvalue weighted by Crippen LogP contribution is -2.19. The number of para-hydroxylation sites is 1. The van der Waals surface area contributed by atoms with Crippen LogP contribution in [0.15, 0.2) is 58.0 Å². The van der Waals surface area contributed by atoms with Gasteiger partial charge in [0.1, 0.15) is 5.75 Å². The molecule has 2 aromatic carbocycles. The standard InChI is InChI=1S/C19H19N3O2S2/c1-13(2)24-15-7-5-6-14(10-15)11-20-22-18(23)12-25-19-21-16-8-3-4-9-17(16)26-19/h3-11,13H,12H2,1-2H3,(H,22,23)/b20-11+. The van der Waals surface area contributed by atoms with Crippen LogP contribution in [0.5, 0.6) is 5.75 Å². The van der Waals surface area contributed by atoms with Crippen LogP contribution in [0.1, 0.15) is 19.4 Å². The molecular formula is C19H19N3O2S2. The van der Waals surface area contributed by atoms with Crippen molar-refractivity contribution in [3.05, 3.63) is 54.1 Å². The van der Waals surface area contributed by atoms with Crippen LogP contribution < -0.4 is 10.2 Å². The fraction of sp³-hybridized carbons (Fsp3) is 0.211. The lowest BCUT2D eigenvalue weighted by molar-refractivity contribution is -0.118. The van der Waals surface area contributed by atoms with Crippen LogP contribution >= 0.6 is 23.1 Å². The van der Waals surface area contributed by atoms with Crippen molar-refractivity contribution in [2.75, 3.05) is 5.75 Å². The highest BCUT2D eigenvalue weighted by atomic mass is 32.2. The number of thioether (sulfide) groups is 1. The van der Waals surface area contributed by atoms with Gasteiger partial charge < -0.3 is 4.74 Å². The molecule has 0 unspecified atom stereocenters. The van der Waals surface area contributed by atoms with Gasteiger partial charge in [0.25, 0.3) is 5.91 Å². The third kappa shape index (κ3) is 5.31. The summed E-state index contributed by atoms with van der Waals surface area (Å²) in [6.45, 7) is 3.95. The monoisotopic (exact) mass is 385 g/mol. The van der Waals surface area contributed by atoms with Crippen LogP contribution in [0, 0.1) is 0 Å². The van der Waals surface area contributed by atoms with Crippen molar-refractivity contribution in [1.29, 1.82) is 0 Å². The predicted octanol–water partition coefficient (Wildman–Crippen LogP) is 4.33. The molecule has 0 fully saturated rings. The molecule has 0 atom stereocenters. The number of hydrogen-bond donors (Lipinski definition) is 1. The van der Waals surface area contributed by atoms with Gasteiger partial charge in [0.2, 0.25) is 0 Å². The van der Waals surface area contributed by atoms with Crippen molar-refractivity contribution >= 4 is 45.4 Å². The lowest BCUT2D eigenvalue weighted by atomic mass is 10.2. The molecule has 0 aliphatic rings. The highest BCUT2D eigenvalue weighted by molar-refractivity contribution is 8.01. The van der Waals surface area contributed by atoms with Crippen molar-refractivity contribution in [1.82, 2.24) is 10.4 Å². The van der Waals surface area contributed by atoms with E-state index in [0.29, 0.717) is 0 Å². The molecule has 3 aromatic rings. The second-order valence-corrected chi connectivity index (χ2v) is 8.02. The first-order chi connectivity index (χ1) is 12.6. The molecule has 0 spiro atoms. The van der Waals surface area contributed by atoms with Crippen molar-refractivity contribution in [3.8, 4) is 5.75 Å². The fourth-order valence-electron chi connectivity index (χ4n) is 2.19. The molecule has 0 saturated heterocycles. The van der Waals surface area contributed by atoms with Gasteiger partial charge in [0, 0.05) is 0 Å². The molecule has 26 heavy (non-hydrogen) atoms. The summed E-state index contributed by atoms with van der Waals surface area (Å²) in [6, 6.07) is 15.5. The van der Waals surface area contributed by atoms with Crippen molar-refractivity contribution in [3.63, 3.8) is 0 Å². The highest BCUT2D eigenvalue weighted by Gasteiger charge is 2.07. The largest absolute Gasteiger partial charge is 0.491 e. The van der Waals surface area contributed by atoms with E-state index in [1.807, 2.05) is 62.4 Å². The second-order valence-electron chi connectivity index (χ2n) is 5.77. The van der Waals surface area contributed by atoms with Gasteiger partial charge in [-0.1, -0.05) is 36.0 Å². The Morgan fingerprint density at radius 3 is 2.96 bits per heavy atom. The van der Waals surface area contributed by atoms with Crippen molar-refractivity contribution < 1.29 is 9.53 Å². The quantitative estimate of drug-likeness (QED) is 0.374. The summed E-state index contributed by atoms with van der Waals surface area (Å²) in [5.41, 5.74) is 4.36. The number of carbonyl (C=O) groups is 1. The van der Waals surface area contributed by atoms with Gasteiger partial charge in [0.15, 0.2) is 4.34 Å². The van der Waals surface area contributed by atoms with Gasteiger partial charge in [-0.25, -0.2) is 10.4 Å². The molecule has 1 N–H and O–H groups in total. The van der Waals surface area contributed by atoms with Gasteiger partial charge >= 0.3 is 0 Å². The Morgan fingerprint density at radius 1 is 1.31 bits per heavy atom. The zero-order valence-electron chi connectivity index (χ0n) is 14.5. The van der Waals surface area contributed by atoms with Gasteiger partial charge in [-0.2, -0.15) is 5.10 Å². The molecule has 7 heteroatoms. The number of rotatable bonds is 7. The first kappa shape index (κ1) is 18.4. The summed E-state index contributed by atoms with van der Waals surface area (Å²) in [5, 5.41) is 4.01. The summed E-state index contributed by atoms with van der Waals surface area (Å²) in [7, 11) is 0. The number of ether oxygens (including phenoxy) is 1. The Hall–Kier alpha value is -2.38. The van der Waals surface area contributed by atoms with Crippen LogP contribution in [0.25, 0.3) is 10.2 Å². The molecule has 0 aliphatic heterocycles. The van der Waals surface area contributed by atoms with Crippen LogP contribution in [0.2, 0.25) is 0 Å². The van der Waals surface area contributed by atoms with Crippen LogP contribution in [0.4, 0.5) is 0 Å². The fourth-order valence-corrected chi connectivity index (χ4v) is 4.05. The molecule has 3 rings (SSSR count). The lowest BCUT2D eigenvalue weighted by Gasteiger charge is -2.09. The second kappa shape index (κ2) is 8.82. The molecule has 1 heterocycles. The Bertz CT molecular complexity index is 889. The first-order valence-corrected chi connectivity index (χ1v) is 9.97. The number of hydrogen-bond acceptors (Lipinski definition) is 6. The summed E-state index contributed by atoms with van der Waals surface area (Å²) in [4.78, 5) is 16.4. The van der Waals surface area contributed by atoms with Gasteiger partial charge in [-0.3, -0.25) is 4.79 Å². The number of benzene rings is 2. The average Bonchev–Trinajstić information content (AvgIpc) is 3.03. The molecule has 0 aliphatic carbocycles. The third-order valence-electron chi connectivity index (χ3n) is 3.23. The number of amides is 1. The number of hydrazone groups is 1. The van der Waals surface area contributed by atoms with E-state index in [9.17, 15) is 4.79 Å². The molecule has 0 bridgehead atoms. The average molecular weight is 386 g/mol. The first-order valence-electron chi connectivity index (χ1n) is 8.17. The molecule has 0 radical (unpaired) electrons. The number of carbonyl (C=O) groups excluding carboxylic acids is 1. The van der Waals surface area contributed by atoms with E-state index in [1.54, 1.807) is 17.6 Å². The Labute approximate surface area is 160 Å². The van der Waals surface area contributed by atoms with Crippen molar-refractivity contribution in [2.24, 2.45) is 5.10 Å². The maximum absolute atomic E-state index is 11.9. The summed E-state index contributed by atoms with van der Waals surface area (Å²) in [6.07, 6.45) is 1.72. The molecular weight excluding hydrogens is 366 g/mol. The maximum atomic E-state index is 11.9. The van der Waals surface area contributed by atoms with Gasteiger partial charge in [0.05, 0.1) is 28.3 Å². The van der Waals surface area contributed by atoms with E-state index in [2.05, 4.69) is 15.5 Å². The minimum atomic E-state index is -0.167. The topological polar surface area (TPSA) is 63.6 Å². The normalized spacial score (nSPS) is 11.3. The predicted molar refractivity (Wildman–Crippen MR) is 108 cm³/mol. The molecule has 1 aromatic heterocycles.